The lowest BCUT2D eigenvalue weighted by molar-refractivity contribution is -0.161. The molecule has 2 saturated heterocycles. The number of likely N-dealkylation sites (tertiary alicyclic amines) is 2. The average Bonchev–Trinajstić information content (AvgIpc) is 3.89. The topological polar surface area (TPSA) is 166 Å². The van der Waals surface area contributed by atoms with E-state index < -0.39 is 64.2 Å². The number of amides is 2. The van der Waals surface area contributed by atoms with Gasteiger partial charge in [-0.15, -0.1) is 0 Å². The van der Waals surface area contributed by atoms with E-state index in [1.165, 1.54) is 22.8 Å². The van der Waals surface area contributed by atoms with Crippen LogP contribution in [0.2, 0.25) is 6.82 Å². The fraction of sp³-hybridized carbons (Fsp3) is 0.574. The first-order chi connectivity index (χ1) is 28.7. The van der Waals surface area contributed by atoms with E-state index in [9.17, 15) is 19.2 Å². The van der Waals surface area contributed by atoms with E-state index in [1.54, 1.807) is 83.1 Å². The second kappa shape index (κ2) is 23.8. The second-order valence-corrected chi connectivity index (χ2v) is 18.5. The summed E-state index contributed by atoms with van der Waals surface area (Å²) >= 11 is 0. The summed E-state index contributed by atoms with van der Waals surface area (Å²) in [6.45, 7) is 31.5. The molecule has 2 fully saturated rings. The van der Waals surface area contributed by atoms with Crippen molar-refractivity contribution in [2.75, 3.05) is 13.1 Å². The van der Waals surface area contributed by atoms with Crippen molar-refractivity contribution >= 4 is 43.9 Å². The number of oxime groups is 2. The minimum absolute atomic E-state index is 0.214. The van der Waals surface area contributed by atoms with Gasteiger partial charge in [0.1, 0.15) is 34.5 Å². The van der Waals surface area contributed by atoms with E-state index in [-0.39, 0.29) is 6.54 Å². The summed E-state index contributed by atoms with van der Waals surface area (Å²) in [6, 6.07) is 17.7. The molecule has 3 aliphatic rings. The van der Waals surface area contributed by atoms with Gasteiger partial charge in [0, 0.05) is 25.8 Å². The number of carbonyl (C=O) groups is 4. The third-order valence-electron chi connectivity index (χ3n) is 8.22. The second-order valence-electron chi connectivity index (χ2n) is 18.5. The number of ether oxygens (including phenoxy) is 4. The molecule has 0 bridgehead atoms. The molecule has 3 atom stereocenters. The van der Waals surface area contributed by atoms with Gasteiger partial charge in [-0.25, -0.2) is 19.2 Å². The van der Waals surface area contributed by atoms with Crippen molar-refractivity contribution in [2.24, 2.45) is 10.3 Å². The SMILES string of the molecule is C=C1C[C@@H](C(=O)OC(C)(C)C)N(C(=O)OC(C)(C)C)C1.CC.CC(C)(C)OC(=O)[C@@H]1C[C@]2(CC(c3ccccc3)=NO2)CN1C(=O)OC(C)(C)C.O/N=C/c1ccccc1.[B]C. The Balaban J connectivity index is 0.000000502. The van der Waals surface area contributed by atoms with Crippen LogP contribution in [0.5, 0.6) is 0 Å². The van der Waals surface area contributed by atoms with E-state index in [0.717, 1.165) is 22.4 Å². The molecular formula is C47H71BN4O10. The van der Waals surface area contributed by atoms with Gasteiger partial charge < -0.3 is 29.0 Å². The Morgan fingerprint density at radius 1 is 0.742 bits per heavy atom. The predicted octanol–water partition coefficient (Wildman–Crippen LogP) is 9.52. The van der Waals surface area contributed by atoms with E-state index in [2.05, 4.69) is 24.7 Å². The lowest BCUT2D eigenvalue weighted by atomic mass is 9.92. The highest BCUT2D eigenvalue weighted by molar-refractivity contribution is 6.05. The van der Waals surface area contributed by atoms with Crippen LogP contribution in [-0.2, 0) is 33.4 Å². The summed E-state index contributed by atoms with van der Waals surface area (Å²) in [5.74, 6) is -0.876. The van der Waals surface area contributed by atoms with Gasteiger partial charge >= 0.3 is 24.1 Å². The number of rotatable bonds is 4. The molecule has 1 spiro atoms. The minimum atomic E-state index is -0.783. The Bertz CT molecular complexity index is 1730. The lowest BCUT2D eigenvalue weighted by Crippen LogP contribution is -2.46. The van der Waals surface area contributed by atoms with Crippen LogP contribution in [0, 0.1) is 0 Å². The van der Waals surface area contributed by atoms with Gasteiger partial charge in [0.15, 0.2) is 5.60 Å². The Hall–Kier alpha value is -5.34. The summed E-state index contributed by atoms with van der Waals surface area (Å²) in [7, 11) is 4.50. The van der Waals surface area contributed by atoms with E-state index in [4.69, 9.17) is 29.0 Å². The standard InChI is InChI=1S/C22H30N2O5.C15H25NO4.C7H7NO.C2H6.CH3B/c1-20(2,3)27-18(25)17-13-22(14-24(17)19(26)28-21(4,5)6)12-16(23-29-22)15-10-8-7-9-11-15;1-10-8-11(12(17)19-14(2,3)4)16(9-10)13(18)20-15(5,6)7;9-8-6-7-4-2-1-3-5-7;2*1-2/h7-11,17H,12-14H2,1-6H3;11H,1,8-9H2,2-7H3;1-6,9H;1-2H3;1H3/b;;8-6+;;/t17-,22+;11-;;;/m00.../s1. The molecule has 2 aromatic carbocycles. The summed E-state index contributed by atoms with van der Waals surface area (Å²) in [6.07, 6.45) is 1.57. The maximum Gasteiger partial charge on any atom is 0.411 e. The number of benzene rings is 2. The fourth-order valence-corrected chi connectivity index (χ4v) is 6.04. The first kappa shape index (κ1) is 54.7. The van der Waals surface area contributed by atoms with Crippen molar-refractivity contribution < 1.29 is 48.2 Å². The van der Waals surface area contributed by atoms with Gasteiger partial charge in [-0.2, -0.15) is 0 Å². The van der Waals surface area contributed by atoms with Gasteiger partial charge in [0.25, 0.3) is 0 Å². The van der Waals surface area contributed by atoms with Crippen molar-refractivity contribution in [1.29, 1.82) is 0 Å². The molecule has 342 valence electrons. The molecule has 0 aromatic heterocycles. The molecule has 0 unspecified atom stereocenters. The Kier molecular flexibility index (Phi) is 21.0. The highest BCUT2D eigenvalue weighted by Crippen LogP contribution is 2.40. The fourth-order valence-electron chi connectivity index (χ4n) is 6.04. The van der Waals surface area contributed by atoms with E-state index in [1.807, 2.05) is 74.5 Å². The summed E-state index contributed by atoms with van der Waals surface area (Å²) < 4.78 is 21.8. The normalized spacial score (nSPS) is 19.5. The Morgan fingerprint density at radius 3 is 1.63 bits per heavy atom. The molecule has 15 heteroatoms. The number of hydrogen-bond donors (Lipinski definition) is 1. The monoisotopic (exact) mass is 863 g/mol. The molecule has 2 amide bonds. The molecule has 2 radical (unpaired) electrons. The summed E-state index contributed by atoms with van der Waals surface area (Å²) in [5.41, 5.74) is 0.228. The third kappa shape index (κ3) is 19.2. The highest BCUT2D eigenvalue weighted by atomic mass is 16.7. The molecule has 2 aromatic rings. The molecule has 14 nitrogen and oxygen atoms in total. The average molecular weight is 863 g/mol. The zero-order chi connectivity index (χ0) is 47.7. The molecule has 0 aliphatic carbocycles. The summed E-state index contributed by atoms with van der Waals surface area (Å²) in [4.78, 5) is 58.7. The first-order valence-electron chi connectivity index (χ1n) is 20.9. The molecule has 3 aliphatic heterocycles. The van der Waals surface area contributed by atoms with Crippen LogP contribution in [0.25, 0.3) is 0 Å². The van der Waals surface area contributed by atoms with Gasteiger partial charge in [-0.1, -0.05) is 104 Å². The van der Waals surface area contributed by atoms with E-state index >= 15 is 0 Å². The van der Waals surface area contributed by atoms with Gasteiger partial charge in [0.05, 0.1) is 26.3 Å². The zero-order valence-electron chi connectivity index (χ0n) is 39.7. The number of nitrogens with zero attached hydrogens (tertiary/aromatic N) is 4. The van der Waals surface area contributed by atoms with Crippen LogP contribution >= 0.6 is 0 Å². The number of carbonyl (C=O) groups excluding carboxylic acids is 4. The van der Waals surface area contributed by atoms with Crippen molar-refractivity contribution in [3.8, 4) is 0 Å². The summed E-state index contributed by atoms with van der Waals surface area (Å²) in [5, 5.41) is 15.2. The van der Waals surface area contributed by atoms with Crippen LogP contribution in [0.4, 0.5) is 9.59 Å². The largest absolute Gasteiger partial charge is 0.458 e. The third-order valence-corrected chi connectivity index (χ3v) is 8.22. The quantitative estimate of drug-likeness (QED) is 0.0595. The Morgan fingerprint density at radius 2 is 1.18 bits per heavy atom. The molecular weight excluding hydrogens is 791 g/mol. The molecule has 1 N–H and O–H groups in total. The minimum Gasteiger partial charge on any atom is -0.458 e. The van der Waals surface area contributed by atoms with Crippen molar-refractivity contribution in [3.05, 3.63) is 83.9 Å². The van der Waals surface area contributed by atoms with Crippen molar-refractivity contribution in [1.82, 2.24) is 9.80 Å². The van der Waals surface area contributed by atoms with Crippen LogP contribution in [0.3, 0.4) is 0 Å². The van der Waals surface area contributed by atoms with Crippen molar-refractivity contribution in [3.63, 3.8) is 0 Å². The number of esters is 2. The zero-order valence-corrected chi connectivity index (χ0v) is 39.7. The van der Waals surface area contributed by atoms with Crippen LogP contribution in [-0.4, -0.2) is 112 Å². The maximum atomic E-state index is 12.9. The number of hydrogen-bond acceptors (Lipinski definition) is 12. The van der Waals surface area contributed by atoms with Gasteiger partial charge in [-0.05, 0) is 94.2 Å². The Labute approximate surface area is 371 Å². The van der Waals surface area contributed by atoms with Gasteiger partial charge in [0.2, 0.25) is 0 Å². The maximum absolute atomic E-state index is 12.9. The van der Waals surface area contributed by atoms with Crippen molar-refractivity contribution in [2.45, 2.75) is 163 Å². The molecule has 3 heterocycles. The lowest BCUT2D eigenvalue weighted by Gasteiger charge is -2.29. The smallest absolute Gasteiger partial charge is 0.411 e. The first-order valence-corrected chi connectivity index (χ1v) is 20.9. The predicted molar refractivity (Wildman–Crippen MR) is 244 cm³/mol. The molecule has 5 rings (SSSR count). The van der Waals surface area contributed by atoms with Crippen LogP contribution < -0.4 is 0 Å². The molecule has 62 heavy (non-hydrogen) atoms. The van der Waals surface area contributed by atoms with Gasteiger partial charge in [-0.3, -0.25) is 9.80 Å². The van der Waals surface area contributed by atoms with Crippen LogP contribution in [0.1, 0.15) is 127 Å². The van der Waals surface area contributed by atoms with Crippen LogP contribution in [0.15, 0.2) is 83.1 Å². The highest BCUT2D eigenvalue weighted by Gasteiger charge is 2.55. The van der Waals surface area contributed by atoms with E-state index in [0.29, 0.717) is 25.8 Å². The molecule has 0 saturated carbocycles.